The van der Waals surface area contributed by atoms with Gasteiger partial charge in [-0.15, -0.1) is 0 Å². The summed E-state index contributed by atoms with van der Waals surface area (Å²) in [4.78, 5) is 17.6. The zero-order chi connectivity index (χ0) is 22.5. The first-order chi connectivity index (χ1) is 15.5. The molecule has 1 aliphatic rings. The molecule has 0 saturated carbocycles. The van der Waals surface area contributed by atoms with Gasteiger partial charge in [-0.2, -0.15) is 15.0 Å². The number of hydrogen-bond acceptors (Lipinski definition) is 5. The van der Waals surface area contributed by atoms with Crippen LogP contribution in [0.2, 0.25) is 0 Å². The molecule has 8 heteroatoms. The van der Waals surface area contributed by atoms with Gasteiger partial charge in [-0.1, -0.05) is 12.1 Å². The average molecular weight is 439 g/mol. The molecule has 0 bridgehead atoms. The van der Waals surface area contributed by atoms with Crippen molar-refractivity contribution in [3.05, 3.63) is 70.6 Å². The van der Waals surface area contributed by atoms with Crippen LogP contribution < -0.4 is 4.74 Å². The highest BCUT2D eigenvalue weighted by Gasteiger charge is 2.22. The first-order valence-corrected chi connectivity index (χ1v) is 11.0. The van der Waals surface area contributed by atoms with Crippen LogP contribution in [-0.4, -0.2) is 38.2 Å². The number of carboxylic acid groups (broad SMARTS) is 1. The molecule has 1 aromatic carbocycles. The summed E-state index contributed by atoms with van der Waals surface area (Å²) < 4.78 is 19.1. The Morgan fingerprint density at radius 3 is 2.78 bits per heavy atom. The Morgan fingerprint density at radius 2 is 2.00 bits per heavy atom. The van der Waals surface area contributed by atoms with E-state index in [1.165, 1.54) is 48.1 Å². The second-order valence-electron chi connectivity index (χ2n) is 8.13. The van der Waals surface area contributed by atoms with E-state index in [0.29, 0.717) is 12.0 Å². The molecule has 0 aliphatic heterocycles. The summed E-state index contributed by atoms with van der Waals surface area (Å²) in [6.07, 6.45) is 8.46. The SMILES string of the molecule is COc1ccc(C(CC(=O)O)n2ncc(CCCc3ccc4c(n3)CCCC4)n2)cc1F. The van der Waals surface area contributed by atoms with Gasteiger partial charge >= 0.3 is 5.97 Å². The standard InChI is InChI=1S/C24H27FN4O3/c1-32-23-12-10-17(13-20(23)25)22(14-24(30)31)29-26-15-19(28-29)7-4-6-18-11-9-16-5-2-3-8-21(16)27-18/h9-13,15,22H,2-8,14H2,1H3,(H,30,31). The Balaban J connectivity index is 1.42. The van der Waals surface area contributed by atoms with Gasteiger partial charge in [0.05, 0.1) is 25.4 Å². The highest BCUT2D eigenvalue weighted by molar-refractivity contribution is 5.68. The topological polar surface area (TPSA) is 90.1 Å². The van der Waals surface area contributed by atoms with Crippen molar-refractivity contribution in [3.63, 3.8) is 0 Å². The third-order valence-electron chi connectivity index (χ3n) is 5.86. The lowest BCUT2D eigenvalue weighted by Gasteiger charge is -2.15. The summed E-state index contributed by atoms with van der Waals surface area (Å²) in [7, 11) is 1.38. The summed E-state index contributed by atoms with van der Waals surface area (Å²) in [5.41, 5.74) is 4.96. The van der Waals surface area contributed by atoms with E-state index < -0.39 is 17.8 Å². The maximum absolute atomic E-state index is 14.2. The quantitative estimate of drug-likeness (QED) is 0.544. The molecule has 32 heavy (non-hydrogen) atoms. The van der Waals surface area contributed by atoms with E-state index in [1.54, 1.807) is 12.3 Å². The number of pyridine rings is 1. The number of ether oxygens (including phenoxy) is 1. The minimum absolute atomic E-state index is 0.104. The number of halogens is 1. The number of nitrogens with zero attached hydrogens (tertiary/aromatic N) is 4. The lowest BCUT2D eigenvalue weighted by Crippen LogP contribution is -2.18. The number of carbonyl (C=O) groups is 1. The Bertz CT molecular complexity index is 1100. The van der Waals surface area contributed by atoms with Gasteiger partial charge in [-0.3, -0.25) is 9.78 Å². The Kier molecular flexibility index (Phi) is 6.78. The number of aromatic nitrogens is 4. The van der Waals surface area contributed by atoms with Gasteiger partial charge < -0.3 is 9.84 Å². The first-order valence-electron chi connectivity index (χ1n) is 11.0. The van der Waals surface area contributed by atoms with E-state index in [4.69, 9.17) is 9.72 Å². The first kappa shape index (κ1) is 21.9. The van der Waals surface area contributed by atoms with Gasteiger partial charge in [0.2, 0.25) is 0 Å². The molecule has 0 fully saturated rings. The van der Waals surface area contributed by atoms with E-state index in [-0.39, 0.29) is 12.2 Å². The van der Waals surface area contributed by atoms with Crippen molar-refractivity contribution < 1.29 is 19.0 Å². The molecule has 1 aliphatic carbocycles. The Hall–Kier alpha value is -3.29. The summed E-state index contributed by atoms with van der Waals surface area (Å²) >= 11 is 0. The molecule has 0 spiro atoms. The van der Waals surface area contributed by atoms with Crippen molar-refractivity contribution in [2.24, 2.45) is 0 Å². The van der Waals surface area contributed by atoms with E-state index in [2.05, 4.69) is 22.3 Å². The summed E-state index contributed by atoms with van der Waals surface area (Å²) in [5.74, 6) is -1.46. The van der Waals surface area contributed by atoms with E-state index in [1.807, 2.05) is 0 Å². The maximum Gasteiger partial charge on any atom is 0.305 e. The molecule has 3 aromatic rings. The van der Waals surface area contributed by atoms with Crippen molar-refractivity contribution in [1.82, 2.24) is 20.0 Å². The van der Waals surface area contributed by atoms with Gasteiger partial charge in [0.25, 0.3) is 0 Å². The zero-order valence-electron chi connectivity index (χ0n) is 18.1. The molecule has 0 radical (unpaired) electrons. The molecule has 0 saturated heterocycles. The van der Waals surface area contributed by atoms with Gasteiger partial charge in [0, 0.05) is 11.4 Å². The second-order valence-corrected chi connectivity index (χ2v) is 8.13. The van der Waals surface area contributed by atoms with E-state index in [9.17, 15) is 14.3 Å². The lowest BCUT2D eigenvalue weighted by molar-refractivity contribution is -0.137. The van der Waals surface area contributed by atoms with Crippen LogP contribution in [0.25, 0.3) is 0 Å². The van der Waals surface area contributed by atoms with Crippen molar-refractivity contribution in [3.8, 4) is 5.75 Å². The highest BCUT2D eigenvalue weighted by atomic mass is 19.1. The minimum Gasteiger partial charge on any atom is -0.494 e. The third-order valence-corrected chi connectivity index (χ3v) is 5.86. The van der Waals surface area contributed by atoms with E-state index >= 15 is 0 Å². The number of aliphatic carboxylic acids is 1. The fourth-order valence-electron chi connectivity index (χ4n) is 4.18. The number of benzene rings is 1. The largest absolute Gasteiger partial charge is 0.494 e. The van der Waals surface area contributed by atoms with E-state index in [0.717, 1.165) is 37.1 Å². The predicted octanol–water partition coefficient (Wildman–Crippen LogP) is 3.94. The average Bonchev–Trinajstić information content (AvgIpc) is 3.26. The molecule has 2 aromatic heterocycles. The molecule has 0 amide bonds. The molecule has 1 atom stereocenters. The van der Waals surface area contributed by atoms with Crippen molar-refractivity contribution in [2.45, 2.75) is 57.4 Å². The zero-order valence-corrected chi connectivity index (χ0v) is 18.1. The summed E-state index contributed by atoms with van der Waals surface area (Å²) in [6, 6.07) is 8.01. The third kappa shape index (κ3) is 5.12. The molecule has 1 N–H and O–H groups in total. The smallest absolute Gasteiger partial charge is 0.305 e. The van der Waals surface area contributed by atoms with Gasteiger partial charge in [-0.25, -0.2) is 4.39 Å². The normalized spacial score (nSPS) is 14.1. The van der Waals surface area contributed by atoms with Crippen molar-refractivity contribution in [1.29, 1.82) is 0 Å². The lowest BCUT2D eigenvalue weighted by atomic mass is 9.95. The Morgan fingerprint density at radius 1 is 1.19 bits per heavy atom. The fraction of sp³-hybridized carbons (Fsp3) is 0.417. The fourth-order valence-corrected chi connectivity index (χ4v) is 4.18. The molecule has 2 heterocycles. The predicted molar refractivity (Wildman–Crippen MR) is 116 cm³/mol. The van der Waals surface area contributed by atoms with Crippen molar-refractivity contribution >= 4 is 5.97 Å². The number of carboxylic acids is 1. The number of aryl methyl sites for hydroxylation is 4. The van der Waals surface area contributed by atoms with Crippen LogP contribution in [0.15, 0.2) is 36.5 Å². The van der Waals surface area contributed by atoms with Crippen molar-refractivity contribution in [2.75, 3.05) is 7.11 Å². The highest BCUT2D eigenvalue weighted by Crippen LogP contribution is 2.26. The van der Waals surface area contributed by atoms with Crippen LogP contribution in [0.1, 0.15) is 59.9 Å². The number of fused-ring (bicyclic) bond motifs is 1. The van der Waals surface area contributed by atoms with Crippen LogP contribution in [-0.2, 0) is 30.5 Å². The van der Waals surface area contributed by atoms with Crippen LogP contribution in [0, 0.1) is 5.82 Å². The molecule has 7 nitrogen and oxygen atoms in total. The van der Waals surface area contributed by atoms with Gasteiger partial charge in [-0.05, 0) is 74.3 Å². The Labute approximate surface area is 186 Å². The molecule has 4 rings (SSSR count). The minimum atomic E-state index is -1.01. The van der Waals surface area contributed by atoms with Gasteiger partial charge in [0.15, 0.2) is 11.6 Å². The molecule has 1 unspecified atom stereocenters. The van der Waals surface area contributed by atoms with Crippen LogP contribution in [0.4, 0.5) is 4.39 Å². The monoisotopic (exact) mass is 438 g/mol. The molecule has 168 valence electrons. The van der Waals surface area contributed by atoms with Crippen LogP contribution in [0.5, 0.6) is 5.75 Å². The van der Waals surface area contributed by atoms with Gasteiger partial charge in [0.1, 0.15) is 6.04 Å². The summed E-state index contributed by atoms with van der Waals surface area (Å²) in [6.45, 7) is 0. The molecular weight excluding hydrogens is 411 g/mol. The van der Waals surface area contributed by atoms with Crippen LogP contribution in [0.3, 0.4) is 0 Å². The second kappa shape index (κ2) is 9.89. The maximum atomic E-state index is 14.2. The van der Waals surface area contributed by atoms with Crippen LogP contribution >= 0.6 is 0 Å². The molecular formula is C24H27FN4O3. The number of hydrogen-bond donors (Lipinski definition) is 1. The number of methoxy groups -OCH3 is 1. The number of rotatable bonds is 9. The summed E-state index contributed by atoms with van der Waals surface area (Å²) in [5, 5.41) is 18.1.